The van der Waals surface area contributed by atoms with Crippen molar-refractivity contribution in [1.29, 1.82) is 0 Å². The Labute approximate surface area is 174 Å². The van der Waals surface area contributed by atoms with E-state index in [9.17, 15) is 14.4 Å². The molecule has 30 heavy (non-hydrogen) atoms. The predicted molar refractivity (Wildman–Crippen MR) is 116 cm³/mol. The lowest BCUT2D eigenvalue weighted by atomic mass is 10.1. The van der Waals surface area contributed by atoms with Gasteiger partial charge in [-0.25, -0.2) is 4.98 Å². The number of carbonyl (C=O) groups is 2. The summed E-state index contributed by atoms with van der Waals surface area (Å²) in [7, 11) is 0. The SMILES string of the molecule is CC(=O)c1ccc(N2CCN(C(=O)Cn3cnc4c(C)cccc4c3=O)CC2)cc1. The van der Waals surface area contributed by atoms with Crippen molar-refractivity contribution in [2.45, 2.75) is 20.4 Å². The lowest BCUT2D eigenvalue weighted by Crippen LogP contribution is -2.50. The Morgan fingerprint density at radius 2 is 1.70 bits per heavy atom. The maximum absolute atomic E-state index is 12.8. The molecule has 1 amide bonds. The van der Waals surface area contributed by atoms with E-state index in [0.29, 0.717) is 42.6 Å². The second-order valence-electron chi connectivity index (χ2n) is 7.62. The summed E-state index contributed by atoms with van der Waals surface area (Å²) in [6.07, 6.45) is 1.46. The number of carbonyl (C=O) groups excluding carboxylic acids is 2. The van der Waals surface area contributed by atoms with Crippen molar-refractivity contribution in [1.82, 2.24) is 14.5 Å². The third-order valence-corrected chi connectivity index (χ3v) is 5.63. The molecule has 4 rings (SSSR count). The highest BCUT2D eigenvalue weighted by Gasteiger charge is 2.22. The van der Waals surface area contributed by atoms with E-state index < -0.39 is 0 Å². The molecule has 0 radical (unpaired) electrons. The molecular weight excluding hydrogens is 380 g/mol. The number of amides is 1. The lowest BCUT2D eigenvalue weighted by molar-refractivity contribution is -0.132. The van der Waals surface area contributed by atoms with Crippen LogP contribution in [0.3, 0.4) is 0 Å². The number of ketones is 1. The first-order valence-corrected chi connectivity index (χ1v) is 10.0. The normalized spacial score (nSPS) is 14.2. The summed E-state index contributed by atoms with van der Waals surface area (Å²) in [5.74, 6) is -0.0389. The molecule has 2 heterocycles. The monoisotopic (exact) mass is 404 g/mol. The third-order valence-electron chi connectivity index (χ3n) is 5.63. The predicted octanol–water partition coefficient (Wildman–Crippen LogP) is 2.26. The fourth-order valence-electron chi connectivity index (χ4n) is 3.82. The number of para-hydroxylation sites is 1. The standard InChI is InChI=1S/C23H24N4O3/c1-16-4-3-5-20-22(16)24-15-27(23(20)30)14-21(29)26-12-10-25(11-13-26)19-8-6-18(7-9-19)17(2)28/h3-9,15H,10-14H2,1-2H3. The Morgan fingerprint density at radius 3 is 2.37 bits per heavy atom. The molecule has 1 aliphatic rings. The fourth-order valence-corrected chi connectivity index (χ4v) is 3.82. The summed E-state index contributed by atoms with van der Waals surface area (Å²) in [6.45, 7) is 6.03. The van der Waals surface area contributed by atoms with Crippen molar-refractivity contribution in [3.8, 4) is 0 Å². The molecule has 154 valence electrons. The van der Waals surface area contributed by atoms with Gasteiger partial charge in [0, 0.05) is 37.4 Å². The van der Waals surface area contributed by atoms with E-state index in [1.54, 1.807) is 17.9 Å². The van der Waals surface area contributed by atoms with Crippen LogP contribution in [0.25, 0.3) is 10.9 Å². The topological polar surface area (TPSA) is 75.5 Å². The highest BCUT2D eigenvalue weighted by Crippen LogP contribution is 2.18. The highest BCUT2D eigenvalue weighted by atomic mass is 16.2. The van der Waals surface area contributed by atoms with Crippen molar-refractivity contribution in [2.75, 3.05) is 31.1 Å². The molecule has 0 spiro atoms. The van der Waals surface area contributed by atoms with Gasteiger partial charge >= 0.3 is 0 Å². The minimum absolute atomic E-state index is 0.0109. The number of anilines is 1. The first-order chi connectivity index (χ1) is 14.4. The van der Waals surface area contributed by atoms with Gasteiger partial charge in [-0.3, -0.25) is 19.0 Å². The average Bonchev–Trinajstić information content (AvgIpc) is 2.76. The zero-order valence-electron chi connectivity index (χ0n) is 17.2. The maximum Gasteiger partial charge on any atom is 0.261 e. The number of Topliss-reactive ketones (excluding diaryl/α,β-unsaturated/α-hetero) is 1. The molecule has 2 aromatic carbocycles. The minimum Gasteiger partial charge on any atom is -0.368 e. The number of nitrogens with zero attached hydrogens (tertiary/aromatic N) is 4. The van der Waals surface area contributed by atoms with Crippen molar-refractivity contribution >= 4 is 28.3 Å². The quantitative estimate of drug-likeness (QED) is 0.624. The van der Waals surface area contributed by atoms with E-state index in [-0.39, 0.29) is 23.8 Å². The van der Waals surface area contributed by atoms with E-state index in [2.05, 4.69) is 9.88 Å². The van der Waals surface area contributed by atoms with Gasteiger partial charge in [0.05, 0.1) is 17.2 Å². The number of hydrogen-bond acceptors (Lipinski definition) is 5. The van der Waals surface area contributed by atoms with E-state index in [0.717, 1.165) is 11.3 Å². The first kappa shape index (κ1) is 19.8. The molecule has 0 unspecified atom stereocenters. The lowest BCUT2D eigenvalue weighted by Gasteiger charge is -2.36. The third kappa shape index (κ3) is 3.83. The Kier molecular flexibility index (Phi) is 5.35. The van der Waals surface area contributed by atoms with Crippen LogP contribution in [0.5, 0.6) is 0 Å². The Hall–Kier alpha value is -3.48. The summed E-state index contributed by atoms with van der Waals surface area (Å²) < 4.78 is 1.39. The summed E-state index contributed by atoms with van der Waals surface area (Å²) in [6, 6.07) is 13.0. The molecule has 7 heteroatoms. The van der Waals surface area contributed by atoms with Crippen molar-refractivity contribution in [3.63, 3.8) is 0 Å². The molecule has 0 N–H and O–H groups in total. The Morgan fingerprint density at radius 1 is 1.00 bits per heavy atom. The molecular formula is C23H24N4O3. The highest BCUT2D eigenvalue weighted by molar-refractivity contribution is 5.94. The molecule has 1 aliphatic heterocycles. The van der Waals surface area contributed by atoms with Crippen LogP contribution in [0.2, 0.25) is 0 Å². The first-order valence-electron chi connectivity index (χ1n) is 10.0. The van der Waals surface area contributed by atoms with Crippen LogP contribution in [0, 0.1) is 6.92 Å². The van der Waals surface area contributed by atoms with Gasteiger partial charge in [0.2, 0.25) is 5.91 Å². The molecule has 1 fully saturated rings. The number of piperazine rings is 1. The summed E-state index contributed by atoms with van der Waals surface area (Å²) in [4.78, 5) is 45.3. The van der Waals surface area contributed by atoms with Crippen molar-refractivity contribution in [3.05, 3.63) is 70.3 Å². The van der Waals surface area contributed by atoms with Gasteiger partial charge in [0.25, 0.3) is 5.56 Å². The van der Waals surface area contributed by atoms with Gasteiger partial charge in [0.15, 0.2) is 5.78 Å². The Balaban J connectivity index is 1.41. The Bertz CT molecular complexity index is 1160. The van der Waals surface area contributed by atoms with Gasteiger partial charge < -0.3 is 9.80 Å². The zero-order valence-corrected chi connectivity index (χ0v) is 17.2. The van der Waals surface area contributed by atoms with Gasteiger partial charge in [0.1, 0.15) is 6.54 Å². The number of aromatic nitrogens is 2. The van der Waals surface area contributed by atoms with Crippen LogP contribution in [-0.4, -0.2) is 52.3 Å². The molecule has 1 saturated heterocycles. The van der Waals surface area contributed by atoms with Crippen molar-refractivity contribution in [2.24, 2.45) is 0 Å². The molecule has 0 bridgehead atoms. The van der Waals surface area contributed by atoms with Crippen LogP contribution in [0.4, 0.5) is 5.69 Å². The van der Waals surface area contributed by atoms with Crippen molar-refractivity contribution < 1.29 is 9.59 Å². The maximum atomic E-state index is 12.8. The van der Waals surface area contributed by atoms with Crippen LogP contribution < -0.4 is 10.5 Å². The molecule has 0 atom stereocenters. The largest absolute Gasteiger partial charge is 0.368 e. The molecule has 0 aliphatic carbocycles. The number of benzene rings is 2. The van der Waals surface area contributed by atoms with E-state index >= 15 is 0 Å². The van der Waals surface area contributed by atoms with Gasteiger partial charge in [-0.15, -0.1) is 0 Å². The second kappa shape index (κ2) is 8.10. The van der Waals surface area contributed by atoms with Gasteiger partial charge in [-0.2, -0.15) is 0 Å². The number of hydrogen-bond donors (Lipinski definition) is 0. The summed E-state index contributed by atoms with van der Waals surface area (Å²) in [5, 5.41) is 0.532. The molecule has 3 aromatic rings. The summed E-state index contributed by atoms with van der Waals surface area (Å²) in [5.41, 5.74) is 3.15. The average molecular weight is 404 g/mol. The van der Waals surface area contributed by atoms with Gasteiger partial charge in [-0.05, 0) is 49.7 Å². The second-order valence-corrected chi connectivity index (χ2v) is 7.62. The van der Waals surface area contributed by atoms with Gasteiger partial charge in [-0.1, -0.05) is 12.1 Å². The van der Waals surface area contributed by atoms with E-state index in [1.807, 2.05) is 43.3 Å². The van der Waals surface area contributed by atoms with Crippen LogP contribution in [0.15, 0.2) is 53.6 Å². The molecule has 0 saturated carbocycles. The van der Waals surface area contributed by atoms with E-state index in [1.165, 1.54) is 10.9 Å². The van der Waals surface area contributed by atoms with E-state index in [4.69, 9.17) is 0 Å². The van der Waals surface area contributed by atoms with Crippen LogP contribution >= 0.6 is 0 Å². The molecule has 1 aromatic heterocycles. The van der Waals surface area contributed by atoms with Crippen LogP contribution in [-0.2, 0) is 11.3 Å². The fraction of sp³-hybridized carbons (Fsp3) is 0.304. The molecule has 7 nitrogen and oxygen atoms in total. The number of aryl methyl sites for hydroxylation is 1. The smallest absolute Gasteiger partial charge is 0.261 e. The zero-order chi connectivity index (χ0) is 21.3. The van der Waals surface area contributed by atoms with Crippen LogP contribution in [0.1, 0.15) is 22.8 Å². The number of fused-ring (bicyclic) bond motifs is 1. The minimum atomic E-state index is -0.193. The number of rotatable bonds is 4. The summed E-state index contributed by atoms with van der Waals surface area (Å²) >= 11 is 0.